The van der Waals surface area contributed by atoms with Crippen molar-refractivity contribution >= 4 is 0 Å². The van der Waals surface area contributed by atoms with E-state index in [1.165, 1.54) is 6.07 Å². The van der Waals surface area contributed by atoms with Gasteiger partial charge in [0.05, 0.1) is 17.6 Å². The molecule has 0 saturated carbocycles. The second-order valence-electron chi connectivity index (χ2n) is 6.74. The van der Waals surface area contributed by atoms with E-state index in [4.69, 9.17) is 15.2 Å². The summed E-state index contributed by atoms with van der Waals surface area (Å²) >= 11 is 0. The molecule has 4 rings (SSSR count). The first-order chi connectivity index (χ1) is 14.6. The normalized spacial score (nSPS) is 14.8. The molecule has 0 aromatic heterocycles. The van der Waals surface area contributed by atoms with E-state index in [2.05, 4.69) is 12.1 Å². The molecule has 1 aliphatic rings. The predicted octanol–water partition coefficient (Wildman–Crippen LogP) is 4.06. The van der Waals surface area contributed by atoms with Crippen LogP contribution in [0.15, 0.2) is 78.2 Å². The van der Waals surface area contributed by atoms with Crippen molar-refractivity contribution in [3.8, 4) is 29.4 Å². The van der Waals surface area contributed by atoms with Crippen LogP contribution in [-0.4, -0.2) is 5.11 Å². The Morgan fingerprint density at radius 2 is 1.73 bits per heavy atom. The first kappa shape index (κ1) is 18.9. The third-order valence-electron chi connectivity index (χ3n) is 4.95. The number of rotatable bonds is 4. The standard InChI is InChI=1S/C24H17N3O3/c25-12-15-5-1-2-6-16(15)14-29-21-8-4-3-7-18(21)23-19-10-9-17(28)11-22(19)30-24(27)20(23)13-26/h1-11,23,28H,14,27H2/t23-/m1/s1. The molecule has 0 saturated heterocycles. The Balaban J connectivity index is 1.76. The molecule has 0 aliphatic carbocycles. The smallest absolute Gasteiger partial charge is 0.205 e. The molecule has 0 spiro atoms. The number of fused-ring (bicyclic) bond motifs is 1. The Kier molecular flexibility index (Phi) is 4.99. The van der Waals surface area contributed by atoms with Gasteiger partial charge in [-0.25, -0.2) is 0 Å². The molecule has 3 aromatic rings. The summed E-state index contributed by atoms with van der Waals surface area (Å²) in [6, 6.07) is 23.6. The highest BCUT2D eigenvalue weighted by atomic mass is 16.5. The van der Waals surface area contributed by atoms with Crippen LogP contribution in [0.25, 0.3) is 0 Å². The number of nitriles is 2. The van der Waals surface area contributed by atoms with E-state index in [1.54, 1.807) is 24.3 Å². The van der Waals surface area contributed by atoms with Crippen LogP contribution in [0.1, 0.15) is 28.2 Å². The van der Waals surface area contributed by atoms with E-state index < -0.39 is 5.92 Å². The van der Waals surface area contributed by atoms with E-state index in [0.29, 0.717) is 22.6 Å². The summed E-state index contributed by atoms with van der Waals surface area (Å²) < 4.78 is 11.6. The Morgan fingerprint density at radius 3 is 2.53 bits per heavy atom. The number of allylic oxidation sites excluding steroid dienone is 1. The van der Waals surface area contributed by atoms with Crippen molar-refractivity contribution in [2.24, 2.45) is 5.73 Å². The highest BCUT2D eigenvalue weighted by Crippen LogP contribution is 2.45. The van der Waals surface area contributed by atoms with Crippen LogP contribution < -0.4 is 15.2 Å². The molecule has 0 radical (unpaired) electrons. The monoisotopic (exact) mass is 395 g/mol. The van der Waals surface area contributed by atoms with Crippen molar-refractivity contribution in [1.29, 1.82) is 10.5 Å². The molecule has 1 atom stereocenters. The molecule has 0 bridgehead atoms. The Labute approximate surface area is 173 Å². The third-order valence-corrected chi connectivity index (χ3v) is 4.95. The number of ether oxygens (including phenoxy) is 2. The number of hydrogen-bond donors (Lipinski definition) is 2. The SMILES string of the molecule is N#CC1=C(N)Oc2cc(O)ccc2[C@H]1c1ccccc1OCc1ccccc1C#N. The van der Waals surface area contributed by atoms with Crippen LogP contribution in [0.2, 0.25) is 0 Å². The number of benzene rings is 3. The van der Waals surface area contributed by atoms with E-state index >= 15 is 0 Å². The van der Waals surface area contributed by atoms with Crippen molar-refractivity contribution in [3.05, 3.63) is 100 Å². The molecular formula is C24H17N3O3. The maximum Gasteiger partial charge on any atom is 0.205 e. The summed E-state index contributed by atoms with van der Waals surface area (Å²) in [5.74, 6) is 0.475. The van der Waals surface area contributed by atoms with Crippen LogP contribution in [-0.2, 0) is 6.61 Å². The molecule has 6 nitrogen and oxygen atoms in total. The maximum absolute atomic E-state index is 9.82. The van der Waals surface area contributed by atoms with Crippen LogP contribution >= 0.6 is 0 Å². The predicted molar refractivity (Wildman–Crippen MR) is 109 cm³/mol. The van der Waals surface area contributed by atoms with Crippen molar-refractivity contribution in [2.75, 3.05) is 0 Å². The molecule has 3 N–H and O–H groups in total. The van der Waals surface area contributed by atoms with Crippen molar-refractivity contribution in [3.63, 3.8) is 0 Å². The fourth-order valence-corrected chi connectivity index (χ4v) is 3.53. The minimum Gasteiger partial charge on any atom is -0.508 e. The molecule has 30 heavy (non-hydrogen) atoms. The van der Waals surface area contributed by atoms with Gasteiger partial charge in [0.25, 0.3) is 0 Å². The van der Waals surface area contributed by atoms with E-state index in [0.717, 1.165) is 11.1 Å². The third kappa shape index (κ3) is 3.39. The summed E-state index contributed by atoms with van der Waals surface area (Å²) in [6.45, 7) is 0.202. The summed E-state index contributed by atoms with van der Waals surface area (Å²) in [7, 11) is 0. The lowest BCUT2D eigenvalue weighted by molar-refractivity contribution is 0.301. The fourth-order valence-electron chi connectivity index (χ4n) is 3.53. The average molecular weight is 395 g/mol. The van der Waals surface area contributed by atoms with Crippen LogP contribution in [0.5, 0.6) is 17.2 Å². The van der Waals surface area contributed by atoms with Gasteiger partial charge in [0.15, 0.2) is 0 Å². The molecule has 3 aromatic carbocycles. The zero-order valence-electron chi connectivity index (χ0n) is 15.9. The largest absolute Gasteiger partial charge is 0.508 e. The summed E-state index contributed by atoms with van der Waals surface area (Å²) in [5, 5.41) is 28.9. The fraction of sp³-hybridized carbons (Fsp3) is 0.0833. The lowest BCUT2D eigenvalue weighted by Crippen LogP contribution is -2.21. The molecule has 0 fully saturated rings. The molecule has 0 unspecified atom stereocenters. The zero-order chi connectivity index (χ0) is 21.1. The number of nitrogens with two attached hydrogens (primary N) is 1. The molecule has 6 heteroatoms. The van der Waals surface area contributed by atoms with Gasteiger partial charge in [0.1, 0.15) is 35.5 Å². The number of hydrogen-bond acceptors (Lipinski definition) is 6. The van der Waals surface area contributed by atoms with Crippen LogP contribution in [0.3, 0.4) is 0 Å². The molecule has 1 aliphatic heterocycles. The number of phenols is 1. The first-order valence-corrected chi connectivity index (χ1v) is 9.22. The highest BCUT2D eigenvalue weighted by molar-refractivity contribution is 5.59. The van der Waals surface area contributed by atoms with E-state index in [-0.39, 0.29) is 23.8 Å². The minimum absolute atomic E-state index is 0.00905. The topological polar surface area (TPSA) is 112 Å². The highest BCUT2D eigenvalue weighted by Gasteiger charge is 2.32. The lowest BCUT2D eigenvalue weighted by Gasteiger charge is -2.27. The van der Waals surface area contributed by atoms with Crippen LogP contribution in [0.4, 0.5) is 0 Å². The van der Waals surface area contributed by atoms with E-state index in [1.807, 2.05) is 36.4 Å². The Morgan fingerprint density at radius 1 is 0.967 bits per heavy atom. The van der Waals surface area contributed by atoms with Gasteiger partial charge in [0, 0.05) is 22.8 Å². The average Bonchev–Trinajstić information content (AvgIpc) is 2.77. The number of aromatic hydroxyl groups is 1. The van der Waals surface area contributed by atoms with Crippen molar-refractivity contribution in [2.45, 2.75) is 12.5 Å². The Hall–Kier alpha value is -4.42. The van der Waals surface area contributed by atoms with Gasteiger partial charge in [0.2, 0.25) is 5.88 Å². The summed E-state index contributed by atoms with van der Waals surface area (Å²) in [6.07, 6.45) is 0. The quantitative estimate of drug-likeness (QED) is 0.689. The second-order valence-corrected chi connectivity index (χ2v) is 6.74. The van der Waals surface area contributed by atoms with Gasteiger partial charge in [-0.1, -0.05) is 42.5 Å². The van der Waals surface area contributed by atoms with Crippen molar-refractivity contribution < 1.29 is 14.6 Å². The van der Waals surface area contributed by atoms with Gasteiger partial charge in [-0.3, -0.25) is 0 Å². The number of para-hydroxylation sites is 1. The molecule has 0 amide bonds. The van der Waals surface area contributed by atoms with Gasteiger partial charge in [-0.2, -0.15) is 10.5 Å². The van der Waals surface area contributed by atoms with Crippen molar-refractivity contribution in [1.82, 2.24) is 0 Å². The second kappa shape index (κ2) is 7.90. The van der Waals surface area contributed by atoms with Crippen LogP contribution in [0, 0.1) is 22.7 Å². The summed E-state index contributed by atoms with van der Waals surface area (Å²) in [5.41, 5.74) is 9.03. The lowest BCUT2D eigenvalue weighted by atomic mass is 9.83. The number of nitrogens with zero attached hydrogens (tertiary/aromatic N) is 2. The maximum atomic E-state index is 9.82. The summed E-state index contributed by atoms with van der Waals surface area (Å²) in [4.78, 5) is 0. The minimum atomic E-state index is -0.512. The first-order valence-electron chi connectivity index (χ1n) is 9.22. The van der Waals surface area contributed by atoms with Gasteiger partial charge in [-0.05, 0) is 18.2 Å². The van der Waals surface area contributed by atoms with Gasteiger partial charge >= 0.3 is 0 Å². The van der Waals surface area contributed by atoms with Gasteiger partial charge in [-0.15, -0.1) is 0 Å². The molecular weight excluding hydrogens is 378 g/mol. The molecule has 1 heterocycles. The zero-order valence-corrected chi connectivity index (χ0v) is 15.9. The Bertz CT molecular complexity index is 1230. The molecule has 146 valence electrons. The number of phenolic OH excluding ortho intramolecular Hbond substituents is 1. The van der Waals surface area contributed by atoms with Gasteiger partial charge < -0.3 is 20.3 Å². The van der Waals surface area contributed by atoms with E-state index in [9.17, 15) is 15.6 Å².